The van der Waals surface area contributed by atoms with Crippen LogP contribution in [0.1, 0.15) is 23.2 Å². The van der Waals surface area contributed by atoms with E-state index in [4.69, 9.17) is 5.11 Å². The number of piperidine rings is 1. The van der Waals surface area contributed by atoms with E-state index in [-0.39, 0.29) is 5.56 Å². The van der Waals surface area contributed by atoms with Gasteiger partial charge in [0.05, 0.1) is 11.8 Å². The topological polar surface area (TPSA) is 58.4 Å². The quantitative estimate of drug-likeness (QED) is 0.828. The second-order valence-electron chi connectivity index (χ2n) is 4.50. The summed E-state index contributed by atoms with van der Waals surface area (Å²) < 4.78 is 1.75. The first-order valence-electron chi connectivity index (χ1n) is 5.59. The van der Waals surface area contributed by atoms with Gasteiger partial charge in [-0.25, -0.2) is 4.79 Å². The molecular weight excluding hydrogens is 206 g/mol. The van der Waals surface area contributed by atoms with Crippen molar-refractivity contribution in [3.8, 4) is 0 Å². The van der Waals surface area contributed by atoms with Crippen molar-refractivity contribution in [2.45, 2.75) is 19.4 Å². The minimum atomic E-state index is -0.908. The van der Waals surface area contributed by atoms with E-state index < -0.39 is 5.97 Å². The van der Waals surface area contributed by atoms with Gasteiger partial charge in [-0.1, -0.05) is 0 Å². The lowest BCUT2D eigenvalue weighted by atomic mass is 9.97. The summed E-state index contributed by atoms with van der Waals surface area (Å²) in [5.41, 5.74) is 0.271. The molecule has 0 saturated carbocycles. The fraction of sp³-hybridized carbons (Fsp3) is 0.636. The van der Waals surface area contributed by atoms with Crippen molar-refractivity contribution in [3.63, 3.8) is 0 Å². The number of aromatic nitrogens is 2. The van der Waals surface area contributed by atoms with E-state index in [0.29, 0.717) is 5.92 Å². The molecule has 5 heteroatoms. The molecule has 88 valence electrons. The van der Waals surface area contributed by atoms with Gasteiger partial charge in [-0.15, -0.1) is 0 Å². The third-order valence-electron chi connectivity index (χ3n) is 3.16. The van der Waals surface area contributed by atoms with Gasteiger partial charge in [-0.05, 0) is 38.9 Å². The standard InChI is InChI=1S/C11H17N3O2/c1-13-4-2-9(3-5-13)7-14-8-10(6-12-14)11(15)16/h6,8-9H,2-5,7H2,1H3,(H,15,16). The molecule has 2 rings (SSSR count). The Labute approximate surface area is 94.7 Å². The van der Waals surface area contributed by atoms with Crippen molar-refractivity contribution in [2.24, 2.45) is 5.92 Å². The maximum absolute atomic E-state index is 10.7. The van der Waals surface area contributed by atoms with Gasteiger partial charge in [0.2, 0.25) is 0 Å². The molecule has 1 N–H and O–H groups in total. The van der Waals surface area contributed by atoms with Gasteiger partial charge in [-0.2, -0.15) is 5.10 Å². The van der Waals surface area contributed by atoms with Gasteiger partial charge in [0.15, 0.2) is 0 Å². The van der Waals surface area contributed by atoms with Gasteiger partial charge in [0.25, 0.3) is 0 Å². The lowest BCUT2D eigenvalue weighted by Gasteiger charge is -2.28. The zero-order valence-electron chi connectivity index (χ0n) is 9.46. The van der Waals surface area contributed by atoms with Crippen LogP contribution in [0.15, 0.2) is 12.4 Å². The lowest BCUT2D eigenvalue weighted by molar-refractivity contribution is 0.0696. The Hall–Kier alpha value is -1.36. The van der Waals surface area contributed by atoms with Crippen molar-refractivity contribution in [2.75, 3.05) is 20.1 Å². The molecule has 1 aliphatic heterocycles. The summed E-state index contributed by atoms with van der Waals surface area (Å²) >= 11 is 0. The predicted octanol–water partition coefficient (Wildman–Crippen LogP) is 0.923. The molecule has 0 unspecified atom stereocenters. The molecule has 1 aliphatic rings. The van der Waals surface area contributed by atoms with E-state index in [1.54, 1.807) is 10.9 Å². The van der Waals surface area contributed by atoms with E-state index in [2.05, 4.69) is 17.0 Å². The summed E-state index contributed by atoms with van der Waals surface area (Å²) in [4.78, 5) is 13.0. The lowest BCUT2D eigenvalue weighted by Crippen LogP contribution is -2.31. The van der Waals surface area contributed by atoms with Crippen molar-refractivity contribution in [1.29, 1.82) is 0 Å². The van der Waals surface area contributed by atoms with E-state index in [9.17, 15) is 4.79 Å². The van der Waals surface area contributed by atoms with E-state index in [0.717, 1.165) is 19.6 Å². The predicted molar refractivity (Wildman–Crippen MR) is 59.4 cm³/mol. The van der Waals surface area contributed by atoms with Gasteiger partial charge in [0, 0.05) is 12.7 Å². The van der Waals surface area contributed by atoms with Crippen molar-refractivity contribution in [3.05, 3.63) is 18.0 Å². The van der Waals surface area contributed by atoms with Gasteiger partial charge in [-0.3, -0.25) is 4.68 Å². The molecule has 1 fully saturated rings. The van der Waals surface area contributed by atoms with Crippen LogP contribution < -0.4 is 0 Å². The second-order valence-corrected chi connectivity index (χ2v) is 4.50. The minimum absolute atomic E-state index is 0.271. The van der Waals surface area contributed by atoms with Crippen LogP contribution in [0.4, 0.5) is 0 Å². The average Bonchev–Trinajstić information content (AvgIpc) is 2.70. The Balaban J connectivity index is 1.91. The zero-order chi connectivity index (χ0) is 11.5. The second kappa shape index (κ2) is 4.65. The number of hydrogen-bond acceptors (Lipinski definition) is 3. The Morgan fingerprint density at radius 1 is 1.56 bits per heavy atom. The Morgan fingerprint density at radius 3 is 2.81 bits per heavy atom. The minimum Gasteiger partial charge on any atom is -0.478 e. The van der Waals surface area contributed by atoms with Gasteiger partial charge in [0.1, 0.15) is 0 Å². The maximum atomic E-state index is 10.7. The number of hydrogen-bond donors (Lipinski definition) is 1. The average molecular weight is 223 g/mol. The van der Waals surface area contributed by atoms with E-state index in [1.165, 1.54) is 19.0 Å². The summed E-state index contributed by atoms with van der Waals surface area (Å²) in [6, 6.07) is 0. The number of nitrogens with zero attached hydrogens (tertiary/aromatic N) is 3. The fourth-order valence-corrected chi connectivity index (χ4v) is 2.08. The van der Waals surface area contributed by atoms with Crippen LogP contribution in [0, 0.1) is 5.92 Å². The van der Waals surface area contributed by atoms with Crippen LogP contribution in [0.2, 0.25) is 0 Å². The zero-order valence-corrected chi connectivity index (χ0v) is 9.46. The molecular formula is C11H17N3O2. The summed E-state index contributed by atoms with van der Waals surface area (Å²) in [7, 11) is 2.13. The molecule has 1 saturated heterocycles. The number of aromatic carboxylic acids is 1. The number of carboxylic acid groups (broad SMARTS) is 1. The van der Waals surface area contributed by atoms with Crippen molar-refractivity contribution in [1.82, 2.24) is 14.7 Å². The van der Waals surface area contributed by atoms with Crippen LogP contribution in [0.3, 0.4) is 0 Å². The van der Waals surface area contributed by atoms with Crippen LogP contribution >= 0.6 is 0 Å². The molecule has 0 aliphatic carbocycles. The number of rotatable bonds is 3. The summed E-state index contributed by atoms with van der Waals surface area (Å²) in [6.45, 7) is 3.08. The third-order valence-corrected chi connectivity index (χ3v) is 3.16. The summed E-state index contributed by atoms with van der Waals surface area (Å²) in [5, 5.41) is 12.9. The number of likely N-dealkylation sites (tertiary alicyclic amines) is 1. The highest BCUT2D eigenvalue weighted by Gasteiger charge is 2.17. The maximum Gasteiger partial charge on any atom is 0.338 e. The van der Waals surface area contributed by atoms with Crippen LogP contribution in [-0.2, 0) is 6.54 Å². The Bertz CT molecular complexity index is 367. The third kappa shape index (κ3) is 2.61. The first kappa shape index (κ1) is 11.1. The highest BCUT2D eigenvalue weighted by molar-refractivity contribution is 5.86. The Morgan fingerprint density at radius 2 is 2.25 bits per heavy atom. The molecule has 16 heavy (non-hydrogen) atoms. The molecule has 0 atom stereocenters. The molecule has 0 bridgehead atoms. The molecule has 1 aromatic heterocycles. The van der Waals surface area contributed by atoms with Gasteiger partial charge < -0.3 is 10.0 Å². The van der Waals surface area contributed by atoms with E-state index >= 15 is 0 Å². The largest absolute Gasteiger partial charge is 0.478 e. The summed E-state index contributed by atoms with van der Waals surface area (Å²) in [6.07, 6.45) is 5.36. The van der Waals surface area contributed by atoms with Crippen LogP contribution in [0.5, 0.6) is 0 Å². The van der Waals surface area contributed by atoms with Crippen molar-refractivity contribution < 1.29 is 9.90 Å². The van der Waals surface area contributed by atoms with E-state index in [1.807, 2.05) is 0 Å². The molecule has 0 radical (unpaired) electrons. The highest BCUT2D eigenvalue weighted by atomic mass is 16.4. The normalized spacial score (nSPS) is 18.8. The van der Waals surface area contributed by atoms with Gasteiger partial charge >= 0.3 is 5.97 Å². The van der Waals surface area contributed by atoms with Crippen LogP contribution in [0.25, 0.3) is 0 Å². The Kier molecular flexibility index (Phi) is 3.24. The van der Waals surface area contributed by atoms with Crippen LogP contribution in [-0.4, -0.2) is 45.9 Å². The highest BCUT2D eigenvalue weighted by Crippen LogP contribution is 2.17. The first-order chi connectivity index (χ1) is 7.65. The van der Waals surface area contributed by atoms with Crippen molar-refractivity contribution >= 4 is 5.97 Å². The molecule has 0 aromatic carbocycles. The molecule has 1 aromatic rings. The summed E-state index contributed by atoms with van der Waals surface area (Å²) in [5.74, 6) is -0.285. The SMILES string of the molecule is CN1CCC(Cn2cc(C(=O)O)cn2)CC1. The molecule has 5 nitrogen and oxygen atoms in total. The smallest absolute Gasteiger partial charge is 0.338 e. The number of carbonyl (C=O) groups is 1. The monoisotopic (exact) mass is 223 g/mol. The molecule has 0 amide bonds. The first-order valence-corrected chi connectivity index (χ1v) is 5.59. The molecule has 2 heterocycles. The fourth-order valence-electron chi connectivity index (χ4n) is 2.08. The number of carboxylic acids is 1. The molecule has 0 spiro atoms.